The predicted molar refractivity (Wildman–Crippen MR) is 122 cm³/mol. The summed E-state index contributed by atoms with van der Waals surface area (Å²) in [5, 5.41) is 7.99. The number of carbonyl (C=O) groups excluding carboxylic acids is 1. The van der Waals surface area contributed by atoms with E-state index in [-0.39, 0.29) is 35.9 Å². The van der Waals surface area contributed by atoms with Crippen molar-refractivity contribution in [2.45, 2.75) is 57.9 Å². The number of nitrogens with zero attached hydrogens (tertiary/aromatic N) is 3. The van der Waals surface area contributed by atoms with Gasteiger partial charge in [0.25, 0.3) is 0 Å². The standard InChI is InChI=1S/C19H31N5OS.HI/c1-14-12-22-17(26-14)8-10-21-19(20-2)23-16-9-11-24(13-16)18(25)15-6-4-3-5-7-15;/h12,15-16H,3-11,13H2,1-2H3,(H2,20,21,23);1H. The van der Waals surface area contributed by atoms with Crippen LogP contribution in [0.3, 0.4) is 0 Å². The first-order valence-electron chi connectivity index (χ1n) is 9.83. The Kier molecular flexibility index (Phi) is 9.28. The zero-order valence-electron chi connectivity index (χ0n) is 16.4. The second-order valence-electron chi connectivity index (χ2n) is 7.36. The molecule has 2 fully saturated rings. The summed E-state index contributed by atoms with van der Waals surface area (Å²) in [6.45, 7) is 4.55. The van der Waals surface area contributed by atoms with Crippen molar-refractivity contribution in [1.82, 2.24) is 20.5 Å². The van der Waals surface area contributed by atoms with Crippen LogP contribution in [0.25, 0.3) is 0 Å². The highest BCUT2D eigenvalue weighted by Gasteiger charge is 2.31. The highest BCUT2D eigenvalue weighted by Crippen LogP contribution is 2.26. The molecule has 0 aromatic carbocycles. The fourth-order valence-corrected chi connectivity index (χ4v) is 4.67. The van der Waals surface area contributed by atoms with Gasteiger partial charge in [0.2, 0.25) is 5.91 Å². The maximum atomic E-state index is 12.7. The lowest BCUT2D eigenvalue weighted by Crippen LogP contribution is -2.46. The van der Waals surface area contributed by atoms with Gasteiger partial charge in [0, 0.05) is 56.1 Å². The molecule has 1 amide bonds. The van der Waals surface area contributed by atoms with Crippen molar-refractivity contribution in [3.8, 4) is 0 Å². The minimum Gasteiger partial charge on any atom is -0.356 e. The lowest BCUT2D eigenvalue weighted by atomic mass is 9.88. The van der Waals surface area contributed by atoms with Gasteiger partial charge in [-0.1, -0.05) is 19.3 Å². The molecule has 2 aliphatic rings. The normalized spacial score (nSPS) is 21.0. The van der Waals surface area contributed by atoms with Gasteiger partial charge in [-0.3, -0.25) is 9.79 Å². The zero-order valence-corrected chi connectivity index (χ0v) is 19.5. The molecule has 1 aliphatic carbocycles. The molecule has 0 radical (unpaired) electrons. The van der Waals surface area contributed by atoms with Crippen molar-refractivity contribution in [2.75, 3.05) is 26.7 Å². The van der Waals surface area contributed by atoms with Crippen LogP contribution in [0.4, 0.5) is 0 Å². The van der Waals surface area contributed by atoms with Crippen LogP contribution in [-0.2, 0) is 11.2 Å². The van der Waals surface area contributed by atoms with Crippen LogP contribution in [0.2, 0.25) is 0 Å². The lowest BCUT2D eigenvalue weighted by Gasteiger charge is -2.26. The molecule has 1 aliphatic heterocycles. The Morgan fingerprint density at radius 3 is 2.78 bits per heavy atom. The monoisotopic (exact) mass is 505 g/mol. The largest absolute Gasteiger partial charge is 0.356 e. The molecule has 1 unspecified atom stereocenters. The molecule has 27 heavy (non-hydrogen) atoms. The van der Waals surface area contributed by atoms with E-state index in [0.29, 0.717) is 5.91 Å². The third-order valence-electron chi connectivity index (χ3n) is 5.32. The second kappa shape index (κ2) is 11.2. The van der Waals surface area contributed by atoms with E-state index in [2.05, 4.69) is 32.4 Å². The van der Waals surface area contributed by atoms with Crippen molar-refractivity contribution >= 4 is 47.2 Å². The van der Waals surface area contributed by atoms with Crippen molar-refractivity contribution in [3.63, 3.8) is 0 Å². The summed E-state index contributed by atoms with van der Waals surface area (Å²) in [7, 11) is 1.79. The first-order chi connectivity index (χ1) is 12.7. The SMILES string of the molecule is CN=C(NCCc1ncc(C)s1)NC1CCN(C(=O)C2CCCCC2)C1.I. The number of hydrogen-bond donors (Lipinski definition) is 2. The number of rotatable bonds is 5. The van der Waals surface area contributed by atoms with Gasteiger partial charge in [-0.05, 0) is 26.2 Å². The highest BCUT2D eigenvalue weighted by molar-refractivity contribution is 14.0. The van der Waals surface area contributed by atoms with Crippen molar-refractivity contribution in [2.24, 2.45) is 10.9 Å². The number of aryl methyl sites for hydroxylation is 1. The molecular formula is C19H32IN5OS. The van der Waals surface area contributed by atoms with E-state index in [1.165, 1.54) is 24.1 Å². The van der Waals surface area contributed by atoms with Gasteiger partial charge in [0.1, 0.15) is 0 Å². The summed E-state index contributed by atoms with van der Waals surface area (Å²) in [6, 6.07) is 0.288. The van der Waals surface area contributed by atoms with Crippen molar-refractivity contribution in [3.05, 3.63) is 16.1 Å². The molecule has 2 N–H and O–H groups in total. The Morgan fingerprint density at radius 1 is 1.33 bits per heavy atom. The molecule has 1 aromatic rings. The minimum absolute atomic E-state index is 0. The fraction of sp³-hybridized carbons (Fsp3) is 0.737. The van der Waals surface area contributed by atoms with Gasteiger partial charge in [0.05, 0.1) is 5.01 Å². The molecule has 152 valence electrons. The third kappa shape index (κ3) is 6.58. The van der Waals surface area contributed by atoms with Crippen molar-refractivity contribution in [1.29, 1.82) is 0 Å². The van der Waals surface area contributed by atoms with E-state index >= 15 is 0 Å². The van der Waals surface area contributed by atoms with E-state index in [9.17, 15) is 4.79 Å². The minimum atomic E-state index is 0. The molecule has 8 heteroatoms. The molecule has 1 saturated carbocycles. The molecule has 1 aromatic heterocycles. The van der Waals surface area contributed by atoms with Gasteiger partial charge >= 0.3 is 0 Å². The van der Waals surface area contributed by atoms with Gasteiger partial charge in [-0.15, -0.1) is 35.3 Å². The highest BCUT2D eigenvalue weighted by atomic mass is 127. The summed E-state index contributed by atoms with van der Waals surface area (Å²) in [6.07, 6.45) is 9.67. The summed E-state index contributed by atoms with van der Waals surface area (Å²) in [5.74, 6) is 1.45. The van der Waals surface area contributed by atoms with Gasteiger partial charge < -0.3 is 15.5 Å². The Bertz CT molecular complexity index is 629. The molecule has 1 atom stereocenters. The Morgan fingerprint density at radius 2 is 2.11 bits per heavy atom. The van der Waals surface area contributed by atoms with Crippen LogP contribution >= 0.6 is 35.3 Å². The predicted octanol–water partition coefficient (Wildman–Crippen LogP) is 2.96. The third-order valence-corrected chi connectivity index (χ3v) is 6.29. The van der Waals surface area contributed by atoms with E-state index in [0.717, 1.165) is 56.3 Å². The van der Waals surface area contributed by atoms with E-state index in [1.807, 2.05) is 6.20 Å². The first kappa shape index (κ1) is 22.4. The number of aromatic nitrogens is 1. The smallest absolute Gasteiger partial charge is 0.225 e. The number of likely N-dealkylation sites (tertiary alicyclic amines) is 1. The number of nitrogens with one attached hydrogen (secondary N) is 2. The quantitative estimate of drug-likeness (QED) is 0.367. The van der Waals surface area contributed by atoms with Crippen LogP contribution in [-0.4, -0.2) is 54.5 Å². The lowest BCUT2D eigenvalue weighted by molar-refractivity contribution is -0.135. The van der Waals surface area contributed by atoms with Crippen molar-refractivity contribution < 1.29 is 4.79 Å². The molecular weight excluding hydrogens is 473 g/mol. The molecule has 6 nitrogen and oxygen atoms in total. The van der Waals surface area contributed by atoms with Crippen LogP contribution in [0.5, 0.6) is 0 Å². The fourth-order valence-electron chi connectivity index (χ4n) is 3.88. The molecule has 1 saturated heterocycles. The number of halogens is 1. The molecule has 3 rings (SSSR count). The molecule has 0 bridgehead atoms. The molecule has 0 spiro atoms. The van der Waals surface area contributed by atoms with Gasteiger partial charge in [-0.25, -0.2) is 4.98 Å². The number of aliphatic imine (C=N–C) groups is 1. The summed E-state index contributed by atoms with van der Waals surface area (Å²) in [5.41, 5.74) is 0. The van der Waals surface area contributed by atoms with Crippen LogP contribution in [0.1, 0.15) is 48.4 Å². The summed E-state index contributed by atoms with van der Waals surface area (Å²) >= 11 is 1.74. The van der Waals surface area contributed by atoms with E-state index in [4.69, 9.17) is 0 Å². The zero-order chi connectivity index (χ0) is 18.4. The topological polar surface area (TPSA) is 69.6 Å². The van der Waals surface area contributed by atoms with Crippen LogP contribution in [0, 0.1) is 12.8 Å². The average Bonchev–Trinajstić information content (AvgIpc) is 3.30. The molecule has 2 heterocycles. The maximum Gasteiger partial charge on any atom is 0.225 e. The number of carbonyl (C=O) groups is 1. The number of hydrogen-bond acceptors (Lipinski definition) is 4. The first-order valence-corrected chi connectivity index (χ1v) is 10.6. The Balaban J connectivity index is 0.00000261. The Labute approximate surface area is 183 Å². The van der Waals surface area contributed by atoms with Gasteiger partial charge in [0.15, 0.2) is 5.96 Å². The second-order valence-corrected chi connectivity index (χ2v) is 8.68. The number of thiazole rings is 1. The Hall–Kier alpha value is -0.900. The average molecular weight is 505 g/mol. The van der Waals surface area contributed by atoms with Crippen LogP contribution < -0.4 is 10.6 Å². The number of guanidine groups is 1. The summed E-state index contributed by atoms with van der Waals surface area (Å²) < 4.78 is 0. The van der Waals surface area contributed by atoms with Crippen LogP contribution in [0.15, 0.2) is 11.2 Å². The van der Waals surface area contributed by atoms with Gasteiger partial charge in [-0.2, -0.15) is 0 Å². The summed E-state index contributed by atoms with van der Waals surface area (Å²) in [4.78, 5) is 24.7. The maximum absolute atomic E-state index is 12.7. The van der Waals surface area contributed by atoms with E-state index < -0.39 is 0 Å². The number of amides is 1. The van der Waals surface area contributed by atoms with E-state index in [1.54, 1.807) is 18.4 Å².